The number of rotatable bonds is 4. The number of hydrogen-bond acceptors (Lipinski definition) is 2. The highest BCUT2D eigenvalue weighted by molar-refractivity contribution is 8.00. The fourth-order valence-electron chi connectivity index (χ4n) is 2.25. The number of halogens is 3. The Balaban J connectivity index is 1.83. The van der Waals surface area contributed by atoms with Crippen molar-refractivity contribution in [3.05, 3.63) is 24.3 Å². The Morgan fingerprint density at radius 1 is 1.11 bits per heavy atom. The van der Waals surface area contributed by atoms with Crippen molar-refractivity contribution in [2.45, 2.75) is 36.1 Å². The first kappa shape index (κ1) is 13.6. The van der Waals surface area contributed by atoms with Crippen LogP contribution in [0, 0.1) is 5.92 Å². The summed E-state index contributed by atoms with van der Waals surface area (Å²) in [4.78, 5) is 0.230. The van der Waals surface area contributed by atoms with Gasteiger partial charge in [0.1, 0.15) is 0 Å². The van der Waals surface area contributed by atoms with Crippen LogP contribution in [-0.4, -0.2) is 12.1 Å². The van der Waals surface area contributed by atoms with Crippen LogP contribution in [0.5, 0.6) is 0 Å². The quantitative estimate of drug-likeness (QED) is 0.784. The maximum Gasteiger partial charge on any atom is 0.446 e. The van der Waals surface area contributed by atoms with Gasteiger partial charge in [0.05, 0.1) is 0 Å². The molecule has 0 aromatic heterocycles. The normalized spacial score (nSPS) is 17.1. The molecule has 1 aromatic rings. The van der Waals surface area contributed by atoms with Gasteiger partial charge in [-0.25, -0.2) is 0 Å². The first-order chi connectivity index (χ1) is 8.53. The lowest BCUT2D eigenvalue weighted by molar-refractivity contribution is -0.0328. The number of alkyl halides is 3. The number of benzene rings is 1. The molecular weight excluding hydrogens is 259 g/mol. The van der Waals surface area contributed by atoms with Crippen LogP contribution in [0.15, 0.2) is 29.2 Å². The van der Waals surface area contributed by atoms with Gasteiger partial charge in [-0.05, 0) is 54.8 Å². The molecule has 2 rings (SSSR count). The molecule has 1 nitrogen and oxygen atoms in total. The van der Waals surface area contributed by atoms with Crippen LogP contribution in [0.25, 0.3) is 0 Å². The third-order valence-electron chi connectivity index (χ3n) is 3.16. The van der Waals surface area contributed by atoms with E-state index in [0.29, 0.717) is 5.92 Å². The average Bonchev–Trinajstić information content (AvgIpc) is 2.79. The molecule has 1 aromatic carbocycles. The molecular formula is C13H16F3NS. The van der Waals surface area contributed by atoms with E-state index in [1.165, 1.54) is 37.8 Å². The largest absolute Gasteiger partial charge is 0.446 e. The Bertz CT molecular complexity index is 369. The van der Waals surface area contributed by atoms with Crippen molar-refractivity contribution in [3.8, 4) is 0 Å². The van der Waals surface area contributed by atoms with E-state index in [2.05, 4.69) is 5.32 Å². The summed E-state index contributed by atoms with van der Waals surface area (Å²) in [5.74, 6) is 0.717. The van der Waals surface area contributed by atoms with E-state index in [0.717, 1.165) is 12.2 Å². The average molecular weight is 275 g/mol. The molecule has 0 spiro atoms. The van der Waals surface area contributed by atoms with Crippen LogP contribution < -0.4 is 5.32 Å². The molecule has 18 heavy (non-hydrogen) atoms. The zero-order chi connectivity index (χ0) is 13.0. The molecule has 5 heteroatoms. The number of thioether (sulfide) groups is 1. The predicted molar refractivity (Wildman–Crippen MR) is 68.8 cm³/mol. The van der Waals surface area contributed by atoms with Crippen molar-refractivity contribution in [1.82, 2.24) is 0 Å². The second-order valence-corrected chi connectivity index (χ2v) is 5.74. The molecule has 1 saturated carbocycles. The van der Waals surface area contributed by atoms with Gasteiger partial charge in [-0.1, -0.05) is 12.8 Å². The third kappa shape index (κ3) is 4.44. The molecule has 0 atom stereocenters. The summed E-state index contributed by atoms with van der Waals surface area (Å²) in [5, 5.41) is 3.29. The number of nitrogens with one attached hydrogen (secondary N) is 1. The highest BCUT2D eigenvalue weighted by Gasteiger charge is 2.28. The zero-order valence-corrected chi connectivity index (χ0v) is 10.8. The van der Waals surface area contributed by atoms with E-state index in [4.69, 9.17) is 0 Å². The highest BCUT2D eigenvalue weighted by atomic mass is 32.2. The molecule has 0 radical (unpaired) electrons. The van der Waals surface area contributed by atoms with Gasteiger partial charge in [-0.3, -0.25) is 0 Å². The molecule has 1 fully saturated rings. The van der Waals surface area contributed by atoms with Crippen molar-refractivity contribution in [1.29, 1.82) is 0 Å². The topological polar surface area (TPSA) is 12.0 Å². The number of anilines is 1. The van der Waals surface area contributed by atoms with Crippen LogP contribution in [-0.2, 0) is 0 Å². The van der Waals surface area contributed by atoms with E-state index in [-0.39, 0.29) is 16.7 Å². The van der Waals surface area contributed by atoms with Gasteiger partial charge in [0.2, 0.25) is 0 Å². The van der Waals surface area contributed by atoms with Crippen LogP contribution >= 0.6 is 11.8 Å². The van der Waals surface area contributed by atoms with Crippen LogP contribution in [0.4, 0.5) is 18.9 Å². The molecule has 0 aliphatic heterocycles. The second-order valence-electron chi connectivity index (χ2n) is 4.60. The lowest BCUT2D eigenvalue weighted by Crippen LogP contribution is -2.10. The van der Waals surface area contributed by atoms with E-state index in [9.17, 15) is 13.2 Å². The molecule has 1 aliphatic carbocycles. The summed E-state index contributed by atoms with van der Waals surface area (Å²) >= 11 is -0.0749. The monoisotopic (exact) mass is 275 g/mol. The maximum atomic E-state index is 12.1. The molecule has 0 heterocycles. The summed E-state index contributed by atoms with van der Waals surface area (Å²) in [6.45, 7) is 0.922. The predicted octanol–water partition coefficient (Wildman–Crippen LogP) is 4.90. The molecule has 0 unspecified atom stereocenters. The summed E-state index contributed by atoms with van der Waals surface area (Å²) < 4.78 is 36.4. The van der Waals surface area contributed by atoms with Gasteiger partial charge < -0.3 is 5.32 Å². The summed E-state index contributed by atoms with van der Waals surface area (Å²) in [6.07, 6.45) is 5.12. The van der Waals surface area contributed by atoms with Crippen LogP contribution in [0.3, 0.4) is 0 Å². The summed E-state index contributed by atoms with van der Waals surface area (Å²) in [6, 6.07) is 6.44. The number of hydrogen-bond donors (Lipinski definition) is 1. The minimum absolute atomic E-state index is 0.0749. The minimum atomic E-state index is -4.21. The Hall–Kier alpha value is -0.840. The van der Waals surface area contributed by atoms with E-state index in [1.54, 1.807) is 12.1 Å². The Labute approximate surface area is 109 Å². The van der Waals surface area contributed by atoms with Crippen LogP contribution in [0.1, 0.15) is 25.7 Å². The van der Waals surface area contributed by atoms with E-state index < -0.39 is 5.51 Å². The molecule has 100 valence electrons. The molecule has 1 aliphatic rings. The van der Waals surface area contributed by atoms with Crippen molar-refractivity contribution in [3.63, 3.8) is 0 Å². The third-order valence-corrected chi connectivity index (χ3v) is 3.90. The fourth-order valence-corrected chi connectivity index (χ4v) is 2.79. The minimum Gasteiger partial charge on any atom is -0.385 e. The summed E-state index contributed by atoms with van der Waals surface area (Å²) in [7, 11) is 0. The molecule has 1 N–H and O–H groups in total. The van der Waals surface area contributed by atoms with Gasteiger partial charge in [-0.2, -0.15) is 13.2 Å². The first-order valence-electron chi connectivity index (χ1n) is 6.12. The second kappa shape index (κ2) is 5.87. The van der Waals surface area contributed by atoms with E-state index >= 15 is 0 Å². The van der Waals surface area contributed by atoms with Gasteiger partial charge >= 0.3 is 5.51 Å². The lowest BCUT2D eigenvalue weighted by Gasteiger charge is -2.12. The molecule has 0 saturated heterocycles. The van der Waals surface area contributed by atoms with Crippen LogP contribution in [0.2, 0.25) is 0 Å². The summed E-state index contributed by atoms with van der Waals surface area (Å²) in [5.41, 5.74) is -3.31. The fraction of sp³-hybridized carbons (Fsp3) is 0.538. The Morgan fingerprint density at radius 2 is 1.72 bits per heavy atom. The van der Waals surface area contributed by atoms with Crippen molar-refractivity contribution in [2.75, 3.05) is 11.9 Å². The van der Waals surface area contributed by atoms with Crippen molar-refractivity contribution >= 4 is 17.4 Å². The zero-order valence-electron chi connectivity index (χ0n) is 9.96. The van der Waals surface area contributed by atoms with Gasteiger partial charge in [-0.15, -0.1) is 0 Å². The molecule has 0 bridgehead atoms. The Kier molecular flexibility index (Phi) is 4.43. The lowest BCUT2D eigenvalue weighted by atomic mass is 10.1. The first-order valence-corrected chi connectivity index (χ1v) is 6.94. The maximum absolute atomic E-state index is 12.1. The van der Waals surface area contributed by atoms with Gasteiger partial charge in [0, 0.05) is 17.1 Å². The Morgan fingerprint density at radius 3 is 2.28 bits per heavy atom. The SMILES string of the molecule is FC(F)(F)Sc1ccc(NCC2CCCC2)cc1. The smallest absolute Gasteiger partial charge is 0.385 e. The van der Waals surface area contributed by atoms with Crippen molar-refractivity contribution in [2.24, 2.45) is 5.92 Å². The van der Waals surface area contributed by atoms with Crippen molar-refractivity contribution < 1.29 is 13.2 Å². The van der Waals surface area contributed by atoms with E-state index in [1.807, 2.05) is 0 Å². The van der Waals surface area contributed by atoms with Gasteiger partial charge in [0.15, 0.2) is 0 Å². The van der Waals surface area contributed by atoms with Gasteiger partial charge in [0.25, 0.3) is 0 Å². The molecule has 0 amide bonds. The standard InChI is InChI=1S/C13H16F3NS/c14-13(15,16)18-12-7-5-11(6-8-12)17-9-10-3-1-2-4-10/h5-8,10,17H,1-4,9H2. The highest BCUT2D eigenvalue weighted by Crippen LogP contribution is 2.37.